The number of ether oxygens (including phenoxy) is 4. The summed E-state index contributed by atoms with van der Waals surface area (Å²) in [4.78, 5) is 49.1. The van der Waals surface area contributed by atoms with E-state index in [1.807, 2.05) is 13.8 Å². The topological polar surface area (TPSA) is 131 Å². The van der Waals surface area contributed by atoms with E-state index >= 15 is 0 Å². The van der Waals surface area contributed by atoms with Gasteiger partial charge in [0.25, 0.3) is 0 Å². The predicted octanol–water partition coefficient (Wildman–Crippen LogP) is 5.05. The Morgan fingerprint density at radius 3 is 1.95 bits per heavy atom. The van der Waals surface area contributed by atoms with Gasteiger partial charge in [-0.05, 0) is 64.7 Å². The highest BCUT2D eigenvalue weighted by atomic mass is 16.6. The maximum atomic E-state index is 12.4. The van der Waals surface area contributed by atoms with Crippen LogP contribution in [0.1, 0.15) is 98.5 Å². The summed E-state index contributed by atoms with van der Waals surface area (Å²) in [6, 6.07) is 3.74. The van der Waals surface area contributed by atoms with Crippen molar-refractivity contribution in [1.82, 2.24) is 0 Å². The van der Waals surface area contributed by atoms with Crippen LogP contribution in [0.5, 0.6) is 11.5 Å². The maximum Gasteiger partial charge on any atom is 0.323 e. The number of unbranched alkanes of at least 4 members (excludes halogenated alkanes) is 4. The minimum absolute atomic E-state index is 0.0973. The van der Waals surface area contributed by atoms with Crippen LogP contribution in [0.15, 0.2) is 18.2 Å². The summed E-state index contributed by atoms with van der Waals surface area (Å²) in [5.41, 5.74) is 5.99. The second-order valence-corrected chi connectivity index (χ2v) is 10.6. The van der Waals surface area contributed by atoms with E-state index in [1.54, 1.807) is 39.8 Å². The Kier molecular flexibility index (Phi) is 14.6. The molecular weight excluding hydrogens is 490 g/mol. The van der Waals surface area contributed by atoms with Gasteiger partial charge in [-0.1, -0.05) is 45.6 Å². The molecule has 0 heterocycles. The van der Waals surface area contributed by atoms with Crippen LogP contribution in [0.3, 0.4) is 0 Å². The summed E-state index contributed by atoms with van der Waals surface area (Å²) in [6.45, 7) is 10.8. The summed E-state index contributed by atoms with van der Waals surface area (Å²) in [7, 11) is 0. The molecule has 1 aromatic carbocycles. The normalized spacial score (nSPS) is 12.8. The van der Waals surface area contributed by atoms with Crippen molar-refractivity contribution in [3.63, 3.8) is 0 Å². The Hall–Kier alpha value is -2.94. The Labute approximate surface area is 226 Å². The van der Waals surface area contributed by atoms with Gasteiger partial charge in [0.15, 0.2) is 11.5 Å². The van der Waals surface area contributed by atoms with Gasteiger partial charge < -0.3 is 24.7 Å². The molecule has 9 heteroatoms. The molecule has 0 aliphatic carbocycles. The molecule has 0 saturated heterocycles. The number of carbonyl (C=O) groups excluding carboxylic acids is 4. The van der Waals surface area contributed by atoms with Gasteiger partial charge in [-0.3, -0.25) is 19.2 Å². The van der Waals surface area contributed by atoms with E-state index in [0.29, 0.717) is 18.4 Å². The summed E-state index contributed by atoms with van der Waals surface area (Å²) in [5.74, 6) is -1.64. The van der Waals surface area contributed by atoms with Crippen molar-refractivity contribution in [3.8, 4) is 11.5 Å². The molecule has 0 spiro atoms. The van der Waals surface area contributed by atoms with E-state index in [4.69, 9.17) is 24.7 Å². The molecule has 1 aromatic rings. The lowest BCUT2D eigenvalue weighted by Crippen LogP contribution is -2.37. The number of carbonyl (C=O) groups is 4. The highest BCUT2D eigenvalue weighted by Crippen LogP contribution is 2.30. The van der Waals surface area contributed by atoms with Crippen molar-refractivity contribution >= 4 is 23.9 Å². The molecule has 0 unspecified atom stereocenters. The van der Waals surface area contributed by atoms with E-state index in [1.165, 1.54) is 6.07 Å². The average molecular weight is 536 g/mol. The molecule has 0 aliphatic heterocycles. The highest BCUT2D eigenvalue weighted by Gasteiger charge is 2.26. The zero-order valence-electron chi connectivity index (χ0n) is 23.8. The van der Waals surface area contributed by atoms with Gasteiger partial charge in [-0.25, -0.2) is 0 Å². The predicted molar refractivity (Wildman–Crippen MR) is 144 cm³/mol. The van der Waals surface area contributed by atoms with Crippen molar-refractivity contribution in [2.45, 2.75) is 111 Å². The van der Waals surface area contributed by atoms with Gasteiger partial charge >= 0.3 is 23.9 Å². The van der Waals surface area contributed by atoms with E-state index < -0.39 is 41.4 Å². The molecule has 38 heavy (non-hydrogen) atoms. The number of benzene rings is 1. The lowest BCUT2D eigenvalue weighted by atomic mass is 9.97. The lowest BCUT2D eigenvalue weighted by Gasteiger charge is -2.21. The van der Waals surface area contributed by atoms with Crippen LogP contribution < -0.4 is 15.2 Å². The summed E-state index contributed by atoms with van der Waals surface area (Å²) in [5, 5.41) is 0. The molecule has 0 bridgehead atoms. The van der Waals surface area contributed by atoms with Crippen LogP contribution in [0.4, 0.5) is 0 Å². The zero-order valence-corrected chi connectivity index (χ0v) is 23.8. The van der Waals surface area contributed by atoms with Crippen LogP contribution in [0, 0.1) is 5.41 Å². The zero-order chi connectivity index (χ0) is 28.7. The van der Waals surface area contributed by atoms with Crippen molar-refractivity contribution in [1.29, 1.82) is 0 Å². The number of hydrogen-bond donors (Lipinski definition) is 1. The highest BCUT2D eigenvalue weighted by molar-refractivity contribution is 5.78. The van der Waals surface area contributed by atoms with Gasteiger partial charge in [0.2, 0.25) is 0 Å². The van der Waals surface area contributed by atoms with Crippen molar-refractivity contribution in [3.05, 3.63) is 23.8 Å². The van der Waals surface area contributed by atoms with Crippen LogP contribution in [-0.4, -0.2) is 42.6 Å². The standard InChI is InChI=1S/C29H45NO8/c1-7-9-11-13-25(31)37-23-16-15-21(18-24(23)38-26(32)14-12-10-8-2)17-22(30)27(33)35-19-20(3)36-28(34)29(4,5)6/h15-16,18,20,22H,7-14,17,19,30H2,1-6H3/t20-,22-/m0/s1. The van der Waals surface area contributed by atoms with Crippen LogP contribution in [-0.2, 0) is 35.1 Å². The number of nitrogens with two attached hydrogens (primary N) is 1. The third-order valence-corrected chi connectivity index (χ3v) is 5.56. The van der Waals surface area contributed by atoms with E-state index in [0.717, 1.165) is 25.7 Å². The van der Waals surface area contributed by atoms with Gasteiger partial charge in [0.05, 0.1) is 5.41 Å². The van der Waals surface area contributed by atoms with Gasteiger partial charge in [0, 0.05) is 12.8 Å². The fourth-order valence-electron chi connectivity index (χ4n) is 3.27. The first kappa shape index (κ1) is 33.1. The molecule has 214 valence electrons. The van der Waals surface area contributed by atoms with Crippen LogP contribution in [0.2, 0.25) is 0 Å². The fourth-order valence-corrected chi connectivity index (χ4v) is 3.27. The largest absolute Gasteiger partial charge is 0.461 e. The van der Waals surface area contributed by atoms with E-state index in [9.17, 15) is 19.2 Å². The molecule has 0 aliphatic rings. The first-order valence-corrected chi connectivity index (χ1v) is 13.5. The van der Waals surface area contributed by atoms with Crippen LogP contribution >= 0.6 is 0 Å². The van der Waals surface area contributed by atoms with Crippen LogP contribution in [0.25, 0.3) is 0 Å². The Bertz CT molecular complexity index is 922. The minimum atomic E-state index is -1.00. The molecule has 0 aromatic heterocycles. The van der Waals surface area contributed by atoms with Gasteiger partial charge in [-0.2, -0.15) is 0 Å². The molecule has 0 radical (unpaired) electrons. The molecule has 2 atom stereocenters. The smallest absolute Gasteiger partial charge is 0.323 e. The van der Waals surface area contributed by atoms with Gasteiger partial charge in [0.1, 0.15) is 18.8 Å². The number of hydrogen-bond acceptors (Lipinski definition) is 9. The average Bonchev–Trinajstić information content (AvgIpc) is 2.83. The number of rotatable bonds is 16. The molecular formula is C29H45NO8. The SMILES string of the molecule is CCCCCC(=O)Oc1ccc(C[C@H](N)C(=O)OC[C@H](C)OC(=O)C(C)(C)C)cc1OC(=O)CCCCC. The quantitative estimate of drug-likeness (QED) is 0.175. The molecule has 2 N–H and O–H groups in total. The lowest BCUT2D eigenvalue weighted by molar-refractivity contribution is -0.165. The molecule has 0 fully saturated rings. The van der Waals surface area contributed by atoms with Crippen molar-refractivity contribution < 1.29 is 38.1 Å². The number of esters is 4. The third kappa shape index (κ3) is 13.0. The molecule has 9 nitrogen and oxygen atoms in total. The first-order chi connectivity index (χ1) is 17.9. The summed E-state index contributed by atoms with van der Waals surface area (Å²) in [6.07, 6.45) is 5.15. The summed E-state index contributed by atoms with van der Waals surface area (Å²) < 4.78 is 21.5. The third-order valence-electron chi connectivity index (χ3n) is 5.56. The van der Waals surface area contributed by atoms with E-state index in [-0.39, 0.29) is 37.4 Å². The van der Waals surface area contributed by atoms with Gasteiger partial charge in [-0.15, -0.1) is 0 Å². The fraction of sp³-hybridized carbons (Fsp3) is 0.655. The van der Waals surface area contributed by atoms with Crippen molar-refractivity contribution in [2.24, 2.45) is 11.1 Å². The molecule has 1 rings (SSSR count). The second-order valence-electron chi connectivity index (χ2n) is 10.6. The molecule has 0 amide bonds. The second kappa shape index (κ2) is 16.8. The van der Waals surface area contributed by atoms with Crippen molar-refractivity contribution in [2.75, 3.05) is 6.61 Å². The minimum Gasteiger partial charge on any atom is -0.461 e. The summed E-state index contributed by atoms with van der Waals surface area (Å²) >= 11 is 0. The monoisotopic (exact) mass is 535 g/mol. The Morgan fingerprint density at radius 1 is 0.868 bits per heavy atom. The van der Waals surface area contributed by atoms with E-state index in [2.05, 4.69) is 0 Å². The Balaban J connectivity index is 2.85. The maximum absolute atomic E-state index is 12.4. The Morgan fingerprint density at radius 2 is 1.42 bits per heavy atom. The molecule has 0 saturated carbocycles. The first-order valence-electron chi connectivity index (χ1n) is 13.5.